The molecule has 130 valence electrons. The molecule has 1 aliphatic carbocycles. The molecule has 0 aromatic carbocycles. The van der Waals surface area contributed by atoms with Crippen molar-refractivity contribution < 1.29 is 4.79 Å². The molecule has 1 atom stereocenters. The zero-order chi connectivity index (χ0) is 17.0. The van der Waals surface area contributed by atoms with Crippen LogP contribution in [-0.2, 0) is 4.79 Å². The van der Waals surface area contributed by atoms with Gasteiger partial charge in [-0.3, -0.25) is 4.79 Å². The summed E-state index contributed by atoms with van der Waals surface area (Å²) in [6.07, 6.45) is 4.45. The average molecular weight is 337 g/mol. The fourth-order valence-corrected chi connectivity index (χ4v) is 4.33. The molecule has 0 unspecified atom stereocenters. The fraction of sp³-hybridized carbons (Fsp3) is 0.737. The van der Waals surface area contributed by atoms with Crippen molar-refractivity contribution in [1.82, 2.24) is 10.2 Å². The second-order valence-corrected chi connectivity index (χ2v) is 8.98. The van der Waals surface area contributed by atoms with Crippen LogP contribution in [0.5, 0.6) is 0 Å². The zero-order valence-corrected chi connectivity index (χ0v) is 16.1. The smallest absolute Gasteiger partial charge is 0.223 e. The Morgan fingerprint density at radius 1 is 1.30 bits per heavy atom. The Morgan fingerprint density at radius 2 is 1.96 bits per heavy atom. The van der Waals surface area contributed by atoms with Gasteiger partial charge in [-0.25, -0.2) is 0 Å². The second-order valence-electron chi connectivity index (χ2n) is 8.20. The van der Waals surface area contributed by atoms with Gasteiger partial charge in [-0.15, -0.1) is 0 Å². The summed E-state index contributed by atoms with van der Waals surface area (Å²) in [5.41, 5.74) is 1.66. The summed E-state index contributed by atoms with van der Waals surface area (Å²) < 4.78 is 0. The predicted octanol–water partition coefficient (Wildman–Crippen LogP) is 4.32. The standard InChI is InChI=1S/C19H32N2OS/c1-19(2,3)16-8-6-14(7-9-16)18(22)20-12-17(21(4)5)15-10-11-23-13-15/h10-11,13-14,16-17H,6-9,12H2,1-5H3,(H,20,22)/t14?,16?,17-/m1/s1. The van der Waals surface area contributed by atoms with Crippen LogP contribution >= 0.6 is 11.3 Å². The zero-order valence-electron chi connectivity index (χ0n) is 15.3. The van der Waals surface area contributed by atoms with Crippen molar-refractivity contribution in [3.05, 3.63) is 22.4 Å². The summed E-state index contributed by atoms with van der Waals surface area (Å²) in [6, 6.07) is 2.41. The van der Waals surface area contributed by atoms with Crippen LogP contribution < -0.4 is 5.32 Å². The maximum atomic E-state index is 12.5. The Hall–Kier alpha value is -0.870. The van der Waals surface area contributed by atoms with Crippen molar-refractivity contribution in [3.8, 4) is 0 Å². The van der Waals surface area contributed by atoms with E-state index < -0.39 is 0 Å². The molecule has 2 rings (SSSR count). The van der Waals surface area contributed by atoms with Crippen molar-refractivity contribution in [1.29, 1.82) is 0 Å². The number of carbonyl (C=O) groups is 1. The van der Waals surface area contributed by atoms with E-state index >= 15 is 0 Å². The molecule has 4 heteroatoms. The molecule has 3 nitrogen and oxygen atoms in total. The Balaban J connectivity index is 1.83. The van der Waals surface area contributed by atoms with E-state index in [0.717, 1.165) is 18.8 Å². The van der Waals surface area contributed by atoms with Gasteiger partial charge in [0.15, 0.2) is 0 Å². The van der Waals surface area contributed by atoms with Crippen LogP contribution in [0.25, 0.3) is 0 Å². The minimum atomic E-state index is 0.207. The van der Waals surface area contributed by atoms with Gasteiger partial charge < -0.3 is 10.2 Å². The van der Waals surface area contributed by atoms with Gasteiger partial charge in [0.1, 0.15) is 0 Å². The Bertz CT molecular complexity index is 482. The van der Waals surface area contributed by atoms with Crippen LogP contribution in [-0.4, -0.2) is 31.4 Å². The van der Waals surface area contributed by atoms with Gasteiger partial charge in [0.2, 0.25) is 5.91 Å². The minimum absolute atomic E-state index is 0.207. The molecule has 1 amide bonds. The Morgan fingerprint density at radius 3 is 2.43 bits per heavy atom. The molecular weight excluding hydrogens is 304 g/mol. The maximum absolute atomic E-state index is 12.5. The molecule has 1 heterocycles. The van der Waals surface area contributed by atoms with Crippen molar-refractivity contribution in [3.63, 3.8) is 0 Å². The molecule has 0 saturated heterocycles. The Kier molecular flexibility index (Phi) is 6.26. The first-order valence-corrected chi connectivity index (χ1v) is 9.69. The summed E-state index contributed by atoms with van der Waals surface area (Å²) >= 11 is 1.71. The number of rotatable bonds is 5. The van der Waals surface area contributed by atoms with Crippen LogP contribution in [0.3, 0.4) is 0 Å². The highest BCUT2D eigenvalue weighted by molar-refractivity contribution is 7.07. The SMILES string of the molecule is CN(C)[C@H](CNC(=O)C1CCC(C(C)(C)C)CC1)c1ccsc1. The number of likely N-dealkylation sites (N-methyl/N-ethyl adjacent to an activating group) is 1. The summed E-state index contributed by atoms with van der Waals surface area (Å²) in [5.74, 6) is 1.21. The Labute approximate surface area is 145 Å². The number of hydrogen-bond acceptors (Lipinski definition) is 3. The number of nitrogens with one attached hydrogen (secondary N) is 1. The summed E-state index contributed by atoms with van der Waals surface area (Å²) in [7, 11) is 4.14. The van der Waals surface area contributed by atoms with E-state index in [1.807, 2.05) is 0 Å². The number of nitrogens with zero attached hydrogens (tertiary/aromatic N) is 1. The third-order valence-electron chi connectivity index (χ3n) is 5.34. The summed E-state index contributed by atoms with van der Waals surface area (Å²) in [5, 5.41) is 7.47. The molecular formula is C19H32N2OS. The summed E-state index contributed by atoms with van der Waals surface area (Å²) in [6.45, 7) is 7.66. The first-order valence-electron chi connectivity index (χ1n) is 8.75. The van der Waals surface area contributed by atoms with Gasteiger partial charge in [-0.2, -0.15) is 11.3 Å². The van der Waals surface area contributed by atoms with Gasteiger partial charge in [-0.1, -0.05) is 20.8 Å². The molecule has 1 fully saturated rings. The lowest BCUT2D eigenvalue weighted by atomic mass is 9.69. The quantitative estimate of drug-likeness (QED) is 0.868. The second kappa shape index (κ2) is 7.80. The number of thiophene rings is 1. The van der Waals surface area contributed by atoms with Gasteiger partial charge in [0, 0.05) is 12.5 Å². The van der Waals surface area contributed by atoms with Crippen LogP contribution in [0.15, 0.2) is 16.8 Å². The highest BCUT2D eigenvalue weighted by Gasteiger charge is 2.32. The maximum Gasteiger partial charge on any atom is 0.223 e. The molecule has 1 aliphatic rings. The first-order chi connectivity index (χ1) is 10.8. The monoisotopic (exact) mass is 336 g/mol. The van der Waals surface area contributed by atoms with Crippen molar-refractivity contribution in [2.24, 2.45) is 17.3 Å². The number of carbonyl (C=O) groups excluding carboxylic acids is 1. The highest BCUT2D eigenvalue weighted by atomic mass is 32.1. The normalized spacial score (nSPS) is 23.7. The minimum Gasteiger partial charge on any atom is -0.354 e. The molecule has 0 radical (unpaired) electrons. The molecule has 0 spiro atoms. The van der Waals surface area contributed by atoms with Crippen LogP contribution in [0.2, 0.25) is 0 Å². The van der Waals surface area contributed by atoms with Crippen LogP contribution in [0, 0.1) is 17.3 Å². The van der Waals surface area contributed by atoms with Crippen molar-refractivity contribution in [2.45, 2.75) is 52.5 Å². The summed E-state index contributed by atoms with van der Waals surface area (Å²) in [4.78, 5) is 14.7. The lowest BCUT2D eigenvalue weighted by Gasteiger charge is -2.36. The molecule has 1 aromatic heterocycles. The van der Waals surface area contributed by atoms with E-state index in [4.69, 9.17) is 0 Å². The van der Waals surface area contributed by atoms with Crippen LogP contribution in [0.4, 0.5) is 0 Å². The van der Waals surface area contributed by atoms with E-state index in [0.29, 0.717) is 12.0 Å². The average Bonchev–Trinajstić information content (AvgIpc) is 3.00. The fourth-order valence-electron chi connectivity index (χ4n) is 3.63. The van der Waals surface area contributed by atoms with E-state index in [1.54, 1.807) is 11.3 Å². The van der Waals surface area contributed by atoms with E-state index in [9.17, 15) is 4.79 Å². The van der Waals surface area contributed by atoms with Crippen molar-refractivity contribution in [2.75, 3.05) is 20.6 Å². The van der Waals surface area contributed by atoms with E-state index in [1.165, 1.54) is 18.4 Å². The first kappa shape index (κ1) is 18.5. The lowest BCUT2D eigenvalue weighted by Crippen LogP contribution is -2.39. The van der Waals surface area contributed by atoms with Gasteiger partial charge >= 0.3 is 0 Å². The largest absolute Gasteiger partial charge is 0.354 e. The molecule has 23 heavy (non-hydrogen) atoms. The molecule has 1 aromatic rings. The molecule has 1 saturated carbocycles. The van der Waals surface area contributed by atoms with E-state index in [-0.39, 0.29) is 17.9 Å². The highest BCUT2D eigenvalue weighted by Crippen LogP contribution is 2.39. The predicted molar refractivity (Wildman–Crippen MR) is 98.7 cm³/mol. The van der Waals surface area contributed by atoms with Crippen molar-refractivity contribution >= 4 is 17.2 Å². The molecule has 0 aliphatic heterocycles. The van der Waals surface area contributed by atoms with Gasteiger partial charge in [0.25, 0.3) is 0 Å². The number of hydrogen-bond donors (Lipinski definition) is 1. The number of amides is 1. The van der Waals surface area contributed by atoms with Gasteiger partial charge in [-0.05, 0) is 73.5 Å². The molecule has 1 N–H and O–H groups in total. The van der Waals surface area contributed by atoms with Crippen LogP contribution in [0.1, 0.15) is 58.1 Å². The third kappa shape index (κ3) is 5.05. The third-order valence-corrected chi connectivity index (χ3v) is 6.05. The van der Waals surface area contributed by atoms with Gasteiger partial charge in [0.05, 0.1) is 6.04 Å². The lowest BCUT2D eigenvalue weighted by molar-refractivity contribution is -0.126. The topological polar surface area (TPSA) is 32.3 Å². The van der Waals surface area contributed by atoms with E-state index in [2.05, 4.69) is 61.9 Å². The molecule has 0 bridgehead atoms.